The fraction of sp³-hybridized carbons (Fsp3) is 0.167. The summed E-state index contributed by atoms with van der Waals surface area (Å²) in [7, 11) is 0. The average molecular weight is 415 g/mol. The van der Waals surface area contributed by atoms with E-state index in [0.29, 0.717) is 22.9 Å². The minimum Gasteiger partial charge on any atom is -0.454 e. The zero-order valence-electron chi connectivity index (χ0n) is 13.2. The molecule has 0 unspecified atom stereocenters. The van der Waals surface area contributed by atoms with Crippen molar-refractivity contribution in [3.8, 4) is 11.5 Å². The summed E-state index contributed by atoms with van der Waals surface area (Å²) in [5.74, 6) is -0.467. The number of halogens is 1. The molecule has 0 aliphatic carbocycles. The lowest BCUT2D eigenvalue weighted by atomic mass is 9.94. The predicted molar refractivity (Wildman–Crippen MR) is 94.1 cm³/mol. The Morgan fingerprint density at radius 3 is 2.58 bits per heavy atom. The molecule has 2 amide bonds. The summed E-state index contributed by atoms with van der Waals surface area (Å²) in [5, 5.41) is 4.00. The van der Waals surface area contributed by atoms with Crippen molar-refractivity contribution in [2.45, 2.75) is 6.10 Å². The van der Waals surface area contributed by atoms with Crippen molar-refractivity contribution >= 4 is 39.1 Å². The van der Waals surface area contributed by atoms with E-state index in [9.17, 15) is 9.59 Å². The van der Waals surface area contributed by atoms with Crippen LogP contribution < -0.4 is 14.4 Å². The summed E-state index contributed by atoms with van der Waals surface area (Å²) < 4.78 is 11.5. The quantitative estimate of drug-likeness (QED) is 0.705. The maximum Gasteiger partial charge on any atom is 0.278 e. The number of amides is 2. The number of oxime groups is 1. The Hall–Kier alpha value is -2.87. The zero-order chi connectivity index (χ0) is 17.8. The minimum absolute atomic E-state index is 0.120. The van der Waals surface area contributed by atoms with Crippen molar-refractivity contribution in [1.82, 2.24) is 0 Å². The summed E-state index contributed by atoms with van der Waals surface area (Å²) in [6.07, 6.45) is -0.938. The van der Waals surface area contributed by atoms with Gasteiger partial charge in [-0.1, -0.05) is 33.2 Å². The molecule has 0 radical (unpaired) electrons. The van der Waals surface area contributed by atoms with Gasteiger partial charge in [-0.25, -0.2) is 4.90 Å². The first kappa shape index (κ1) is 15.4. The number of carbonyl (C=O) groups is 2. The van der Waals surface area contributed by atoms with E-state index in [1.54, 1.807) is 18.2 Å². The fourth-order valence-corrected chi connectivity index (χ4v) is 3.58. The number of hydrogen-bond acceptors (Lipinski definition) is 6. The summed E-state index contributed by atoms with van der Waals surface area (Å²) >= 11 is 3.37. The Morgan fingerprint density at radius 2 is 1.77 bits per heavy atom. The van der Waals surface area contributed by atoms with E-state index in [2.05, 4.69) is 21.1 Å². The predicted octanol–water partition coefficient (Wildman–Crippen LogP) is 2.47. The lowest BCUT2D eigenvalue weighted by Crippen LogP contribution is -2.33. The highest BCUT2D eigenvalue weighted by Gasteiger charge is 2.56. The maximum absolute atomic E-state index is 13.0. The number of rotatable bonds is 2. The normalized spacial score (nSPS) is 23.1. The number of hydrogen-bond donors (Lipinski definition) is 0. The van der Waals surface area contributed by atoms with Crippen LogP contribution in [0.25, 0.3) is 0 Å². The van der Waals surface area contributed by atoms with E-state index in [1.807, 2.05) is 24.3 Å². The molecule has 26 heavy (non-hydrogen) atoms. The molecule has 1 saturated heterocycles. The zero-order valence-corrected chi connectivity index (χ0v) is 14.8. The van der Waals surface area contributed by atoms with Crippen molar-refractivity contribution in [3.05, 3.63) is 52.5 Å². The first-order valence-corrected chi connectivity index (χ1v) is 8.70. The molecule has 5 rings (SSSR count). The third-order valence-corrected chi connectivity index (χ3v) is 5.10. The molecule has 3 aliphatic rings. The highest BCUT2D eigenvalue weighted by molar-refractivity contribution is 9.10. The van der Waals surface area contributed by atoms with Crippen LogP contribution in [0.3, 0.4) is 0 Å². The van der Waals surface area contributed by atoms with Gasteiger partial charge in [0.1, 0.15) is 11.6 Å². The fourth-order valence-electron chi connectivity index (χ4n) is 3.32. The second-order valence-corrected chi connectivity index (χ2v) is 6.95. The van der Waals surface area contributed by atoms with Crippen molar-refractivity contribution in [1.29, 1.82) is 0 Å². The number of benzene rings is 2. The van der Waals surface area contributed by atoms with Crippen molar-refractivity contribution in [2.24, 2.45) is 11.1 Å². The first-order valence-electron chi connectivity index (χ1n) is 7.90. The summed E-state index contributed by atoms with van der Waals surface area (Å²) in [6.45, 7) is 0.120. The van der Waals surface area contributed by atoms with E-state index < -0.39 is 17.9 Å². The van der Waals surface area contributed by atoms with Crippen molar-refractivity contribution in [3.63, 3.8) is 0 Å². The Kier molecular flexibility index (Phi) is 3.30. The molecule has 0 N–H and O–H groups in total. The van der Waals surface area contributed by atoms with Gasteiger partial charge in [-0.05, 0) is 24.3 Å². The highest BCUT2D eigenvalue weighted by atomic mass is 79.9. The number of ether oxygens (including phenoxy) is 2. The first-order chi connectivity index (χ1) is 12.6. The van der Waals surface area contributed by atoms with Crippen molar-refractivity contribution < 1.29 is 23.9 Å². The summed E-state index contributed by atoms with van der Waals surface area (Å²) in [5.41, 5.74) is 1.64. The van der Waals surface area contributed by atoms with Crippen LogP contribution in [-0.2, 0) is 14.4 Å². The topological polar surface area (TPSA) is 77.4 Å². The smallest absolute Gasteiger partial charge is 0.278 e. The number of carbonyl (C=O) groups excluding carboxylic acids is 2. The summed E-state index contributed by atoms with van der Waals surface area (Å²) in [6, 6.07) is 12.3. The van der Waals surface area contributed by atoms with Crippen LogP contribution in [0.2, 0.25) is 0 Å². The molecule has 2 aromatic rings. The summed E-state index contributed by atoms with van der Waals surface area (Å²) in [4.78, 5) is 32.2. The number of fused-ring (bicyclic) bond motifs is 2. The van der Waals surface area contributed by atoms with Gasteiger partial charge in [0, 0.05) is 16.1 Å². The lowest BCUT2D eigenvalue weighted by molar-refractivity contribution is -0.126. The Bertz CT molecular complexity index is 972. The maximum atomic E-state index is 13.0. The average Bonchev–Trinajstić information content (AvgIpc) is 3.33. The molecule has 1 fully saturated rings. The van der Waals surface area contributed by atoms with Gasteiger partial charge in [0.15, 0.2) is 11.5 Å². The largest absolute Gasteiger partial charge is 0.454 e. The van der Waals surface area contributed by atoms with E-state index in [4.69, 9.17) is 14.3 Å². The molecule has 0 aromatic heterocycles. The van der Waals surface area contributed by atoms with Gasteiger partial charge in [-0.2, -0.15) is 0 Å². The van der Waals surface area contributed by atoms with Gasteiger partial charge in [0.25, 0.3) is 5.91 Å². The van der Waals surface area contributed by atoms with E-state index >= 15 is 0 Å². The Labute approximate surface area is 156 Å². The molecule has 0 saturated carbocycles. The molecule has 3 heterocycles. The highest BCUT2D eigenvalue weighted by Crippen LogP contribution is 2.40. The van der Waals surface area contributed by atoms with Crippen LogP contribution in [0.1, 0.15) is 5.56 Å². The monoisotopic (exact) mass is 414 g/mol. The second kappa shape index (κ2) is 5.57. The molecule has 2 aromatic carbocycles. The Morgan fingerprint density at radius 1 is 1.00 bits per heavy atom. The standard InChI is InChI=1S/C18H11BrN2O5/c19-10-3-1-9(2-4-10)15-14-16(26-20-15)18(23)21(17(14)22)11-5-6-12-13(7-11)25-8-24-12/h1-7,14,16H,8H2/t14-,16+/m1/s1. The number of imide groups is 1. The molecular formula is C18H11BrN2O5. The van der Waals surface area contributed by atoms with Crippen LogP contribution in [0, 0.1) is 5.92 Å². The molecule has 0 bridgehead atoms. The molecular weight excluding hydrogens is 404 g/mol. The van der Waals surface area contributed by atoms with E-state index in [0.717, 1.165) is 14.9 Å². The molecule has 2 atom stereocenters. The number of anilines is 1. The minimum atomic E-state index is -0.938. The van der Waals surface area contributed by atoms with Crippen LogP contribution >= 0.6 is 15.9 Å². The molecule has 130 valence electrons. The SMILES string of the molecule is O=C1[C@@H]2C(c3ccc(Br)cc3)=NO[C@@H]2C(=O)N1c1ccc2c(c1)OCO2. The van der Waals surface area contributed by atoms with Crippen LogP contribution in [0.4, 0.5) is 5.69 Å². The van der Waals surface area contributed by atoms with Crippen LogP contribution in [-0.4, -0.2) is 30.4 Å². The Balaban J connectivity index is 1.50. The van der Waals surface area contributed by atoms with Crippen molar-refractivity contribution in [2.75, 3.05) is 11.7 Å². The molecule has 0 spiro atoms. The van der Waals surface area contributed by atoms with Gasteiger partial charge in [0.2, 0.25) is 18.8 Å². The van der Waals surface area contributed by atoms with Gasteiger partial charge < -0.3 is 14.3 Å². The van der Waals surface area contributed by atoms with Crippen LogP contribution in [0.15, 0.2) is 52.1 Å². The van der Waals surface area contributed by atoms with Crippen LogP contribution in [0.5, 0.6) is 11.5 Å². The molecule has 7 nitrogen and oxygen atoms in total. The third-order valence-electron chi connectivity index (χ3n) is 4.57. The van der Waals surface area contributed by atoms with E-state index in [1.165, 1.54) is 0 Å². The lowest BCUT2D eigenvalue weighted by Gasteiger charge is -2.15. The van der Waals surface area contributed by atoms with Gasteiger partial charge in [-0.3, -0.25) is 9.59 Å². The molecule has 3 aliphatic heterocycles. The van der Waals surface area contributed by atoms with Gasteiger partial charge in [-0.15, -0.1) is 0 Å². The number of nitrogens with zero attached hydrogens (tertiary/aromatic N) is 2. The van der Waals surface area contributed by atoms with E-state index in [-0.39, 0.29) is 12.7 Å². The third kappa shape index (κ3) is 2.15. The second-order valence-electron chi connectivity index (χ2n) is 6.04. The van der Waals surface area contributed by atoms with Gasteiger partial charge >= 0.3 is 0 Å². The molecule has 8 heteroatoms. The van der Waals surface area contributed by atoms with Gasteiger partial charge in [0.05, 0.1) is 5.69 Å².